The van der Waals surface area contributed by atoms with Gasteiger partial charge in [0.05, 0.1) is 19.3 Å². The van der Waals surface area contributed by atoms with Crippen LogP contribution in [0, 0.1) is 0 Å². The Morgan fingerprint density at radius 3 is 1.40 bits per heavy atom. The van der Waals surface area contributed by atoms with Gasteiger partial charge in [0.2, 0.25) is 0 Å². The van der Waals surface area contributed by atoms with Crippen LogP contribution in [0.3, 0.4) is 0 Å². The molecule has 0 fully saturated rings. The number of benzene rings is 9. The lowest BCUT2D eigenvalue weighted by atomic mass is 9.93. The van der Waals surface area contributed by atoms with E-state index in [4.69, 9.17) is 23.2 Å². The van der Waals surface area contributed by atoms with Crippen LogP contribution in [0.1, 0.15) is 8.22 Å². The van der Waals surface area contributed by atoms with Crippen molar-refractivity contribution in [3.63, 3.8) is 0 Å². The van der Waals surface area contributed by atoms with Crippen LogP contribution in [0.4, 0.5) is 0 Å². The van der Waals surface area contributed by atoms with Crippen LogP contribution in [-0.4, -0.2) is 19.5 Å². The average molecular weight is 707 g/mol. The van der Waals surface area contributed by atoms with Gasteiger partial charge < -0.3 is 4.57 Å². The molecule has 9 aromatic carbocycles. The van der Waals surface area contributed by atoms with Crippen LogP contribution < -0.4 is 0 Å². The second-order valence-corrected chi connectivity index (χ2v) is 13.6. The minimum Gasteiger partial charge on any atom is -0.309 e. The van der Waals surface area contributed by atoms with Crippen molar-refractivity contribution < 1.29 is 8.22 Å². The molecule has 0 saturated heterocycles. The third-order valence-corrected chi connectivity index (χ3v) is 10.3. The normalized spacial score (nSPS) is 13.2. The Morgan fingerprint density at radius 2 is 0.800 bits per heavy atom. The Morgan fingerprint density at radius 1 is 0.327 bits per heavy atom. The number of aromatic nitrogens is 4. The number of rotatable bonds is 5. The molecular weight excluding hydrogens is 669 g/mol. The first-order valence-electron chi connectivity index (χ1n) is 21.1. The van der Waals surface area contributed by atoms with E-state index in [0.717, 1.165) is 38.4 Å². The zero-order valence-corrected chi connectivity index (χ0v) is 29.3. The molecule has 4 nitrogen and oxygen atoms in total. The Kier molecular flexibility index (Phi) is 5.85. The number of para-hydroxylation sites is 2. The highest BCUT2D eigenvalue weighted by Gasteiger charge is 2.18. The summed E-state index contributed by atoms with van der Waals surface area (Å²) >= 11 is 0. The van der Waals surface area contributed by atoms with Gasteiger partial charge >= 0.3 is 0 Å². The van der Waals surface area contributed by atoms with Crippen LogP contribution in [-0.2, 0) is 0 Å². The molecule has 0 spiro atoms. The van der Waals surface area contributed by atoms with Crippen molar-refractivity contribution in [3.05, 3.63) is 194 Å². The van der Waals surface area contributed by atoms with Crippen molar-refractivity contribution in [3.8, 4) is 51.0 Å². The van der Waals surface area contributed by atoms with Crippen molar-refractivity contribution in [1.29, 1.82) is 0 Å². The molecule has 55 heavy (non-hydrogen) atoms. The predicted octanol–water partition coefficient (Wildman–Crippen LogP) is 13.1. The van der Waals surface area contributed by atoms with E-state index in [1.165, 1.54) is 28.3 Å². The first-order chi connectivity index (χ1) is 29.7. The number of nitrogens with zero attached hydrogens (tertiary/aromatic N) is 4. The third-order valence-electron chi connectivity index (χ3n) is 10.3. The maximum atomic E-state index is 9.13. The van der Waals surface area contributed by atoms with E-state index in [1.54, 1.807) is 4.57 Å². The van der Waals surface area contributed by atoms with Gasteiger partial charge in [-0.15, -0.1) is 0 Å². The summed E-state index contributed by atoms with van der Waals surface area (Å²) in [6.45, 7) is 0. The maximum absolute atomic E-state index is 9.13. The zero-order valence-electron chi connectivity index (χ0n) is 35.3. The van der Waals surface area contributed by atoms with Crippen molar-refractivity contribution >= 4 is 54.1 Å². The lowest BCUT2D eigenvalue weighted by Gasteiger charge is -2.15. The van der Waals surface area contributed by atoms with E-state index in [-0.39, 0.29) is 58.1 Å². The summed E-state index contributed by atoms with van der Waals surface area (Å²) in [5.41, 5.74) is 5.06. The van der Waals surface area contributed by atoms with Gasteiger partial charge in [-0.2, -0.15) is 0 Å². The molecule has 256 valence electrons. The predicted molar refractivity (Wildman–Crippen MR) is 228 cm³/mol. The Balaban J connectivity index is 1.21. The van der Waals surface area contributed by atoms with Crippen molar-refractivity contribution in [2.45, 2.75) is 0 Å². The molecule has 0 atom stereocenters. The van der Waals surface area contributed by atoms with Gasteiger partial charge in [-0.1, -0.05) is 158 Å². The molecule has 0 aliphatic carbocycles. The van der Waals surface area contributed by atoms with Crippen molar-refractivity contribution in [1.82, 2.24) is 19.5 Å². The van der Waals surface area contributed by atoms with Gasteiger partial charge in [0, 0.05) is 33.2 Å². The van der Waals surface area contributed by atoms with Gasteiger partial charge in [-0.05, 0) is 79.8 Å². The molecule has 0 N–H and O–H groups in total. The lowest BCUT2D eigenvalue weighted by molar-refractivity contribution is 1.07. The standard InChI is InChI=1S/C51H32N4/c1-3-15-33(16-4-1)36-29-37(31-38(30-36)55-47-25-13-11-23-44(47)45-24-12-14-26-48(45)55)51-53-49(34-17-5-2-6-18-34)52-50(54-51)35-27-28-43-41-21-8-7-19-39(41)40-20-9-10-22-42(40)46(43)32-35/h1-32H/i11D,12D,23D,24D,25D,26D. The Bertz CT molecular complexity index is 3500. The molecule has 0 amide bonds. The molecule has 2 aromatic heterocycles. The van der Waals surface area contributed by atoms with Gasteiger partial charge in [-0.3, -0.25) is 0 Å². The quantitative estimate of drug-likeness (QED) is 0.167. The van der Waals surface area contributed by atoms with E-state index in [9.17, 15) is 0 Å². The molecule has 2 heterocycles. The minimum atomic E-state index is -0.169. The summed E-state index contributed by atoms with van der Waals surface area (Å²) in [5, 5.41) is 7.25. The zero-order chi connectivity index (χ0) is 41.5. The fourth-order valence-corrected chi connectivity index (χ4v) is 7.84. The van der Waals surface area contributed by atoms with E-state index in [1.807, 2.05) is 78.9 Å². The molecule has 0 saturated carbocycles. The summed E-state index contributed by atoms with van der Waals surface area (Å²) in [5.74, 6) is 1.36. The second-order valence-electron chi connectivity index (χ2n) is 13.6. The van der Waals surface area contributed by atoms with E-state index < -0.39 is 0 Å². The molecule has 4 heteroatoms. The summed E-state index contributed by atoms with van der Waals surface area (Å²) in [7, 11) is 0. The monoisotopic (exact) mass is 706 g/mol. The van der Waals surface area contributed by atoms with Gasteiger partial charge in [0.1, 0.15) is 0 Å². The molecule has 0 radical (unpaired) electrons. The van der Waals surface area contributed by atoms with Crippen LogP contribution >= 0.6 is 0 Å². The largest absolute Gasteiger partial charge is 0.309 e. The van der Waals surface area contributed by atoms with Gasteiger partial charge in [0.25, 0.3) is 0 Å². The highest BCUT2D eigenvalue weighted by Crippen LogP contribution is 2.39. The molecule has 11 rings (SSSR count). The number of hydrogen-bond donors (Lipinski definition) is 0. The third kappa shape index (κ3) is 5.19. The van der Waals surface area contributed by atoms with Gasteiger partial charge in [-0.25, -0.2) is 15.0 Å². The molecule has 0 unspecified atom stereocenters. The smallest absolute Gasteiger partial charge is 0.164 e. The first-order valence-corrected chi connectivity index (χ1v) is 18.1. The SMILES string of the molecule is [2H]c1cc([2H])c2c(c1[2H])c1c([2H])c([2H])cc([2H])c1n2-c1cc(-c2ccccc2)cc(-c2nc(-c3ccccc3)nc(-c3ccc4c5ccccc5c5ccccc5c4c3)n2)c1. The van der Waals surface area contributed by atoms with Crippen LogP contribution in [0.25, 0.3) is 105 Å². The molecular formula is C51H32N4. The van der Waals surface area contributed by atoms with E-state index >= 15 is 0 Å². The molecule has 0 aliphatic heterocycles. The summed E-state index contributed by atoms with van der Waals surface area (Å²) < 4.78 is 54.9. The first kappa shape index (κ1) is 25.5. The molecule has 0 bridgehead atoms. The minimum absolute atomic E-state index is 0.0328. The maximum Gasteiger partial charge on any atom is 0.164 e. The second kappa shape index (κ2) is 12.6. The van der Waals surface area contributed by atoms with Crippen molar-refractivity contribution in [2.75, 3.05) is 0 Å². The fraction of sp³-hybridized carbons (Fsp3) is 0. The average Bonchev–Trinajstić information content (AvgIpc) is 3.68. The van der Waals surface area contributed by atoms with Crippen LogP contribution in [0.5, 0.6) is 0 Å². The summed E-state index contributed by atoms with van der Waals surface area (Å²) in [6.07, 6.45) is 0. The molecule has 11 aromatic rings. The Labute approximate surface area is 326 Å². The highest BCUT2D eigenvalue weighted by atomic mass is 15.0. The number of fused-ring (bicyclic) bond motifs is 9. The summed E-state index contributed by atoms with van der Waals surface area (Å²) in [4.78, 5) is 15.4. The number of hydrogen-bond acceptors (Lipinski definition) is 3. The Hall–Kier alpha value is -7.43. The van der Waals surface area contributed by atoms with E-state index in [0.29, 0.717) is 28.7 Å². The lowest BCUT2D eigenvalue weighted by Crippen LogP contribution is -2.02. The molecule has 0 aliphatic rings. The summed E-state index contributed by atoms with van der Waals surface area (Å²) in [6, 6.07) is 50.7. The van der Waals surface area contributed by atoms with Crippen LogP contribution in [0.15, 0.2) is 194 Å². The van der Waals surface area contributed by atoms with Crippen LogP contribution in [0.2, 0.25) is 0 Å². The topological polar surface area (TPSA) is 43.6 Å². The van der Waals surface area contributed by atoms with Gasteiger partial charge in [0.15, 0.2) is 17.5 Å². The fourth-order valence-electron chi connectivity index (χ4n) is 7.84. The highest BCUT2D eigenvalue weighted by molar-refractivity contribution is 6.25. The van der Waals surface area contributed by atoms with E-state index in [2.05, 4.69) is 66.7 Å². The van der Waals surface area contributed by atoms with Crippen molar-refractivity contribution in [2.24, 2.45) is 0 Å².